The standard InChI is InChI=1S/C18H24FNO4/c1-12-5-3-4-6-15(12)20-17(21)11-24-18(22)10-13-7-8-16(23-2)14(19)9-13/h7-9,12,15H,3-6,10-11H2,1-2H3,(H,20,21)/t12-,15+/m1/s1. The number of rotatable bonds is 6. The summed E-state index contributed by atoms with van der Waals surface area (Å²) in [7, 11) is 1.37. The third kappa shape index (κ3) is 5.22. The molecule has 1 fully saturated rings. The lowest BCUT2D eigenvalue weighted by Crippen LogP contribution is -2.42. The van der Waals surface area contributed by atoms with Gasteiger partial charge in [0.15, 0.2) is 18.2 Å². The monoisotopic (exact) mass is 337 g/mol. The zero-order chi connectivity index (χ0) is 17.5. The molecule has 0 unspecified atom stereocenters. The van der Waals surface area contributed by atoms with Crippen molar-refractivity contribution in [2.24, 2.45) is 5.92 Å². The van der Waals surface area contributed by atoms with Crippen molar-refractivity contribution in [1.82, 2.24) is 5.32 Å². The Kier molecular flexibility index (Phi) is 6.58. The van der Waals surface area contributed by atoms with Crippen LogP contribution < -0.4 is 10.1 Å². The molecule has 2 rings (SSSR count). The second-order valence-electron chi connectivity index (χ2n) is 6.24. The molecule has 1 amide bonds. The Morgan fingerprint density at radius 3 is 2.71 bits per heavy atom. The van der Waals surface area contributed by atoms with Crippen LogP contribution in [0.15, 0.2) is 18.2 Å². The Morgan fingerprint density at radius 2 is 2.04 bits per heavy atom. The largest absolute Gasteiger partial charge is 0.494 e. The maximum atomic E-state index is 13.6. The number of hydrogen-bond acceptors (Lipinski definition) is 4. The van der Waals surface area contributed by atoms with Crippen LogP contribution in [0.2, 0.25) is 0 Å². The maximum Gasteiger partial charge on any atom is 0.310 e. The molecule has 1 saturated carbocycles. The van der Waals surface area contributed by atoms with E-state index in [9.17, 15) is 14.0 Å². The van der Waals surface area contributed by atoms with Gasteiger partial charge in [-0.1, -0.05) is 25.8 Å². The molecule has 0 saturated heterocycles. The lowest BCUT2D eigenvalue weighted by Gasteiger charge is -2.29. The second-order valence-corrected chi connectivity index (χ2v) is 6.24. The van der Waals surface area contributed by atoms with Gasteiger partial charge in [0.05, 0.1) is 13.5 Å². The number of amides is 1. The highest BCUT2D eigenvalue weighted by atomic mass is 19.1. The van der Waals surface area contributed by atoms with Crippen molar-refractivity contribution < 1.29 is 23.5 Å². The topological polar surface area (TPSA) is 64.6 Å². The van der Waals surface area contributed by atoms with Gasteiger partial charge < -0.3 is 14.8 Å². The van der Waals surface area contributed by atoms with Crippen molar-refractivity contribution in [1.29, 1.82) is 0 Å². The van der Waals surface area contributed by atoms with Gasteiger partial charge in [0, 0.05) is 6.04 Å². The molecule has 1 aromatic carbocycles. The van der Waals surface area contributed by atoms with Gasteiger partial charge in [-0.05, 0) is 36.5 Å². The van der Waals surface area contributed by atoms with Crippen molar-refractivity contribution in [3.8, 4) is 5.75 Å². The minimum Gasteiger partial charge on any atom is -0.494 e. The number of esters is 1. The maximum absolute atomic E-state index is 13.6. The molecule has 5 nitrogen and oxygen atoms in total. The summed E-state index contributed by atoms with van der Waals surface area (Å²) in [5.74, 6) is -0.824. The minimum absolute atomic E-state index is 0.0893. The van der Waals surface area contributed by atoms with E-state index in [1.807, 2.05) is 0 Å². The number of hydrogen-bond donors (Lipinski definition) is 1. The summed E-state index contributed by atoms with van der Waals surface area (Å²) in [4.78, 5) is 23.7. The van der Waals surface area contributed by atoms with Gasteiger partial charge in [-0.15, -0.1) is 0 Å². The summed E-state index contributed by atoms with van der Waals surface area (Å²) in [6, 6.07) is 4.42. The number of benzene rings is 1. The molecule has 1 aliphatic rings. The first kappa shape index (κ1) is 18.2. The van der Waals surface area contributed by atoms with Gasteiger partial charge in [0.1, 0.15) is 0 Å². The highest BCUT2D eigenvalue weighted by molar-refractivity contribution is 5.81. The quantitative estimate of drug-likeness (QED) is 0.811. The van der Waals surface area contributed by atoms with Gasteiger partial charge in [-0.2, -0.15) is 0 Å². The molecule has 0 radical (unpaired) electrons. The molecule has 0 spiro atoms. The highest BCUT2D eigenvalue weighted by Gasteiger charge is 2.23. The predicted octanol–water partition coefficient (Wildman–Crippen LogP) is 2.61. The van der Waals surface area contributed by atoms with Crippen LogP contribution in [0, 0.1) is 11.7 Å². The van der Waals surface area contributed by atoms with Gasteiger partial charge in [-0.25, -0.2) is 4.39 Å². The van der Waals surface area contributed by atoms with E-state index in [4.69, 9.17) is 9.47 Å². The van der Waals surface area contributed by atoms with Gasteiger partial charge in [0.2, 0.25) is 0 Å². The summed E-state index contributed by atoms with van der Waals surface area (Å²) in [5.41, 5.74) is 0.472. The SMILES string of the molecule is COc1ccc(CC(=O)OCC(=O)N[C@H]2CCCC[C@H]2C)cc1F. The van der Waals surface area contributed by atoms with Crippen LogP contribution >= 0.6 is 0 Å². The van der Waals surface area contributed by atoms with Crippen LogP contribution in [0.4, 0.5) is 4.39 Å². The second kappa shape index (κ2) is 8.66. The number of halogens is 1. The Bertz CT molecular complexity index is 590. The van der Waals surface area contributed by atoms with Crippen LogP contribution in [0.1, 0.15) is 38.2 Å². The number of carbonyl (C=O) groups excluding carboxylic acids is 2. The van der Waals surface area contributed by atoms with Crippen LogP contribution in [0.5, 0.6) is 5.75 Å². The van der Waals surface area contributed by atoms with Crippen LogP contribution in [0.25, 0.3) is 0 Å². The Labute approximate surface area is 141 Å². The van der Waals surface area contributed by atoms with E-state index >= 15 is 0 Å². The Morgan fingerprint density at radius 1 is 1.29 bits per heavy atom. The van der Waals surface area contributed by atoms with Crippen molar-refractivity contribution in [2.75, 3.05) is 13.7 Å². The number of methoxy groups -OCH3 is 1. The van der Waals surface area contributed by atoms with E-state index in [2.05, 4.69) is 12.2 Å². The third-order valence-electron chi connectivity index (χ3n) is 4.39. The normalized spacial score (nSPS) is 20.3. The molecule has 1 aliphatic carbocycles. The van der Waals surface area contributed by atoms with Crippen LogP contribution in [-0.4, -0.2) is 31.6 Å². The van der Waals surface area contributed by atoms with E-state index < -0.39 is 11.8 Å². The zero-order valence-electron chi connectivity index (χ0n) is 14.1. The third-order valence-corrected chi connectivity index (χ3v) is 4.39. The van der Waals surface area contributed by atoms with E-state index in [-0.39, 0.29) is 30.7 Å². The fraction of sp³-hybridized carbons (Fsp3) is 0.556. The lowest BCUT2D eigenvalue weighted by molar-refractivity contribution is -0.148. The van der Waals surface area contributed by atoms with E-state index in [1.54, 1.807) is 6.07 Å². The summed E-state index contributed by atoms with van der Waals surface area (Å²) in [6.07, 6.45) is 4.28. The molecule has 0 bridgehead atoms. The van der Waals surface area contributed by atoms with Gasteiger partial charge >= 0.3 is 5.97 Å². The predicted molar refractivity (Wildman–Crippen MR) is 87.2 cm³/mol. The zero-order valence-corrected chi connectivity index (χ0v) is 14.1. The molecule has 24 heavy (non-hydrogen) atoms. The Balaban J connectivity index is 1.76. The number of ether oxygens (including phenoxy) is 2. The number of nitrogens with one attached hydrogen (secondary N) is 1. The average molecular weight is 337 g/mol. The van der Waals surface area contributed by atoms with Crippen LogP contribution in [-0.2, 0) is 20.7 Å². The molecule has 132 valence electrons. The minimum atomic E-state index is -0.564. The molecular formula is C18H24FNO4. The van der Waals surface area contributed by atoms with Crippen molar-refractivity contribution in [3.05, 3.63) is 29.6 Å². The van der Waals surface area contributed by atoms with Crippen molar-refractivity contribution >= 4 is 11.9 Å². The van der Waals surface area contributed by atoms with Crippen molar-refractivity contribution in [3.63, 3.8) is 0 Å². The van der Waals surface area contributed by atoms with Crippen molar-refractivity contribution in [2.45, 2.75) is 45.1 Å². The molecule has 0 heterocycles. The molecule has 1 N–H and O–H groups in total. The van der Waals surface area contributed by atoms with E-state index in [0.717, 1.165) is 19.3 Å². The van der Waals surface area contributed by atoms with Crippen LogP contribution in [0.3, 0.4) is 0 Å². The first-order chi connectivity index (χ1) is 11.5. The summed E-state index contributed by atoms with van der Waals surface area (Å²) in [6.45, 7) is 1.81. The summed E-state index contributed by atoms with van der Waals surface area (Å²) < 4.78 is 23.4. The molecule has 1 aromatic rings. The Hall–Kier alpha value is -2.11. The first-order valence-electron chi connectivity index (χ1n) is 8.27. The fourth-order valence-corrected chi connectivity index (χ4v) is 2.96. The number of carbonyl (C=O) groups is 2. The highest BCUT2D eigenvalue weighted by Crippen LogP contribution is 2.23. The molecule has 6 heteroatoms. The average Bonchev–Trinajstić information content (AvgIpc) is 2.55. The van der Waals surface area contributed by atoms with E-state index in [1.165, 1.54) is 25.7 Å². The lowest BCUT2D eigenvalue weighted by atomic mass is 9.86. The molecule has 0 aromatic heterocycles. The molecule has 2 atom stereocenters. The first-order valence-corrected chi connectivity index (χ1v) is 8.27. The van der Waals surface area contributed by atoms with Gasteiger partial charge in [0.25, 0.3) is 5.91 Å². The van der Waals surface area contributed by atoms with E-state index in [0.29, 0.717) is 11.5 Å². The smallest absolute Gasteiger partial charge is 0.310 e. The molecular weight excluding hydrogens is 313 g/mol. The fourth-order valence-electron chi connectivity index (χ4n) is 2.96. The van der Waals surface area contributed by atoms with Gasteiger partial charge in [-0.3, -0.25) is 9.59 Å². The molecule has 0 aliphatic heterocycles. The summed E-state index contributed by atoms with van der Waals surface area (Å²) in [5, 5.41) is 2.92. The summed E-state index contributed by atoms with van der Waals surface area (Å²) >= 11 is 0.